The maximum absolute atomic E-state index is 12.6. The van der Waals surface area contributed by atoms with Crippen LogP contribution in [0.4, 0.5) is 5.69 Å². The Bertz CT molecular complexity index is 892. The van der Waals surface area contributed by atoms with E-state index in [2.05, 4.69) is 5.32 Å². The Labute approximate surface area is 176 Å². The highest BCUT2D eigenvalue weighted by molar-refractivity contribution is 5.96. The number of carbonyl (C=O) groups is 3. The second-order valence-electron chi connectivity index (χ2n) is 7.37. The number of anilines is 1. The summed E-state index contributed by atoms with van der Waals surface area (Å²) in [7, 11) is 3.19. The number of piperidine rings is 1. The molecule has 0 saturated carbocycles. The van der Waals surface area contributed by atoms with E-state index in [-0.39, 0.29) is 30.2 Å². The Hall–Kier alpha value is -3.35. The van der Waals surface area contributed by atoms with E-state index in [1.165, 1.54) is 4.90 Å². The summed E-state index contributed by atoms with van der Waals surface area (Å²) in [4.78, 5) is 40.8. The van der Waals surface area contributed by atoms with Crippen molar-refractivity contribution in [2.24, 2.45) is 5.92 Å². The summed E-state index contributed by atoms with van der Waals surface area (Å²) in [5.74, 6) is 0.0931. The van der Waals surface area contributed by atoms with Gasteiger partial charge in [-0.2, -0.15) is 0 Å². The number of benzene rings is 2. The summed E-state index contributed by atoms with van der Waals surface area (Å²) < 4.78 is 5.27. The van der Waals surface area contributed by atoms with Gasteiger partial charge in [0.1, 0.15) is 5.75 Å². The Balaban J connectivity index is 1.49. The minimum Gasteiger partial charge on any atom is -0.495 e. The molecule has 0 bridgehead atoms. The third-order valence-electron chi connectivity index (χ3n) is 5.32. The van der Waals surface area contributed by atoms with Crippen molar-refractivity contribution in [3.8, 4) is 5.75 Å². The maximum Gasteiger partial charge on any atom is 0.254 e. The quantitative estimate of drug-likeness (QED) is 0.796. The van der Waals surface area contributed by atoms with Crippen molar-refractivity contribution in [2.45, 2.75) is 12.8 Å². The molecule has 3 rings (SSSR count). The molecule has 1 aliphatic heterocycles. The number of likely N-dealkylation sites (tertiary alicyclic amines) is 1. The van der Waals surface area contributed by atoms with Crippen LogP contribution in [0.3, 0.4) is 0 Å². The fourth-order valence-electron chi connectivity index (χ4n) is 3.55. The SMILES string of the molecule is COc1ccccc1NC(=O)C1CCN(C(=O)CN(C)C(=O)c2ccccc2)CC1. The number of para-hydroxylation sites is 2. The predicted octanol–water partition coefficient (Wildman–Crippen LogP) is 2.64. The Morgan fingerprint density at radius 3 is 2.33 bits per heavy atom. The van der Waals surface area contributed by atoms with Crippen LogP contribution in [0.1, 0.15) is 23.2 Å². The van der Waals surface area contributed by atoms with Gasteiger partial charge in [-0.15, -0.1) is 0 Å². The average Bonchev–Trinajstić information content (AvgIpc) is 2.79. The summed E-state index contributed by atoms with van der Waals surface area (Å²) in [5, 5.41) is 2.92. The number of ether oxygens (including phenoxy) is 1. The lowest BCUT2D eigenvalue weighted by molar-refractivity contribution is -0.134. The first kappa shape index (κ1) is 21.4. The van der Waals surface area contributed by atoms with Gasteiger partial charge in [0, 0.05) is 31.6 Å². The van der Waals surface area contributed by atoms with Crippen molar-refractivity contribution in [1.29, 1.82) is 0 Å². The maximum atomic E-state index is 12.6. The molecular formula is C23H27N3O4. The molecule has 1 heterocycles. The van der Waals surface area contributed by atoms with Gasteiger partial charge in [-0.1, -0.05) is 30.3 Å². The van der Waals surface area contributed by atoms with Crippen molar-refractivity contribution in [3.05, 3.63) is 60.2 Å². The van der Waals surface area contributed by atoms with E-state index in [4.69, 9.17) is 4.74 Å². The van der Waals surface area contributed by atoms with Crippen LogP contribution in [-0.4, -0.2) is 61.3 Å². The Morgan fingerprint density at radius 2 is 1.67 bits per heavy atom. The number of methoxy groups -OCH3 is 1. The van der Waals surface area contributed by atoms with Gasteiger partial charge in [-0.25, -0.2) is 0 Å². The molecule has 1 aliphatic rings. The van der Waals surface area contributed by atoms with Gasteiger partial charge in [0.05, 0.1) is 19.3 Å². The molecule has 3 amide bonds. The summed E-state index contributed by atoms with van der Waals surface area (Å²) in [6.07, 6.45) is 1.17. The second kappa shape index (κ2) is 9.91. The van der Waals surface area contributed by atoms with E-state index >= 15 is 0 Å². The molecule has 7 heteroatoms. The van der Waals surface area contributed by atoms with E-state index in [1.54, 1.807) is 55.5 Å². The smallest absolute Gasteiger partial charge is 0.254 e. The van der Waals surface area contributed by atoms with Crippen molar-refractivity contribution < 1.29 is 19.1 Å². The molecule has 7 nitrogen and oxygen atoms in total. The average molecular weight is 409 g/mol. The van der Waals surface area contributed by atoms with Crippen LogP contribution < -0.4 is 10.1 Å². The molecule has 0 radical (unpaired) electrons. The summed E-state index contributed by atoms with van der Waals surface area (Å²) in [6, 6.07) is 16.2. The molecule has 1 saturated heterocycles. The molecule has 30 heavy (non-hydrogen) atoms. The summed E-state index contributed by atoms with van der Waals surface area (Å²) in [6.45, 7) is 1.01. The lowest BCUT2D eigenvalue weighted by Gasteiger charge is -2.32. The number of amides is 3. The van der Waals surface area contributed by atoms with E-state index in [0.717, 1.165) is 0 Å². The molecule has 1 N–H and O–H groups in total. The van der Waals surface area contributed by atoms with Crippen LogP contribution in [0, 0.1) is 5.92 Å². The van der Waals surface area contributed by atoms with Gasteiger partial charge in [0.2, 0.25) is 11.8 Å². The molecule has 1 fully saturated rings. The van der Waals surface area contributed by atoms with Gasteiger partial charge in [-0.3, -0.25) is 14.4 Å². The van der Waals surface area contributed by atoms with Crippen LogP contribution in [0.5, 0.6) is 5.75 Å². The van der Waals surface area contributed by atoms with E-state index in [0.29, 0.717) is 42.9 Å². The number of hydrogen-bond acceptors (Lipinski definition) is 4. The first-order valence-electron chi connectivity index (χ1n) is 10.0. The Morgan fingerprint density at radius 1 is 1.03 bits per heavy atom. The molecule has 158 valence electrons. The van der Waals surface area contributed by atoms with Gasteiger partial charge >= 0.3 is 0 Å². The minimum absolute atomic E-state index is 0.0196. The fourth-order valence-corrected chi connectivity index (χ4v) is 3.55. The third-order valence-corrected chi connectivity index (χ3v) is 5.32. The van der Waals surface area contributed by atoms with Crippen LogP contribution in [-0.2, 0) is 9.59 Å². The third kappa shape index (κ3) is 5.17. The second-order valence-corrected chi connectivity index (χ2v) is 7.37. The number of rotatable bonds is 6. The van der Waals surface area contributed by atoms with Crippen LogP contribution in [0.2, 0.25) is 0 Å². The zero-order valence-corrected chi connectivity index (χ0v) is 17.3. The molecule has 0 spiro atoms. The van der Waals surface area contributed by atoms with Crippen molar-refractivity contribution in [3.63, 3.8) is 0 Å². The molecule has 2 aromatic rings. The number of nitrogens with zero attached hydrogens (tertiary/aromatic N) is 2. The highest BCUT2D eigenvalue weighted by Gasteiger charge is 2.28. The van der Waals surface area contributed by atoms with Crippen molar-refractivity contribution in [2.75, 3.05) is 39.1 Å². The monoisotopic (exact) mass is 409 g/mol. The molecule has 0 atom stereocenters. The van der Waals surface area contributed by atoms with Gasteiger partial charge in [-0.05, 0) is 37.1 Å². The highest BCUT2D eigenvalue weighted by atomic mass is 16.5. The van der Waals surface area contributed by atoms with Crippen molar-refractivity contribution >= 4 is 23.4 Å². The molecule has 0 aromatic heterocycles. The van der Waals surface area contributed by atoms with Gasteiger partial charge in [0.25, 0.3) is 5.91 Å². The standard InChI is InChI=1S/C23H27N3O4/c1-25(23(29)18-8-4-3-5-9-18)16-21(27)26-14-12-17(13-15-26)22(28)24-19-10-6-7-11-20(19)30-2/h3-11,17H,12-16H2,1-2H3,(H,24,28). The summed E-state index contributed by atoms with van der Waals surface area (Å²) in [5.41, 5.74) is 1.20. The fraction of sp³-hybridized carbons (Fsp3) is 0.348. The molecule has 0 unspecified atom stereocenters. The largest absolute Gasteiger partial charge is 0.495 e. The van der Waals surface area contributed by atoms with Gasteiger partial charge in [0.15, 0.2) is 0 Å². The number of likely N-dealkylation sites (N-methyl/N-ethyl adjacent to an activating group) is 1. The van der Waals surface area contributed by atoms with Crippen LogP contribution in [0.15, 0.2) is 54.6 Å². The Kier molecular flexibility index (Phi) is 7.06. The van der Waals surface area contributed by atoms with Crippen LogP contribution in [0.25, 0.3) is 0 Å². The normalized spacial score (nSPS) is 14.1. The topological polar surface area (TPSA) is 79.0 Å². The zero-order valence-electron chi connectivity index (χ0n) is 17.3. The number of nitrogens with one attached hydrogen (secondary N) is 1. The lowest BCUT2D eigenvalue weighted by atomic mass is 9.95. The summed E-state index contributed by atoms with van der Waals surface area (Å²) >= 11 is 0. The van der Waals surface area contributed by atoms with Crippen molar-refractivity contribution in [1.82, 2.24) is 9.80 Å². The van der Waals surface area contributed by atoms with Gasteiger partial charge < -0.3 is 19.9 Å². The minimum atomic E-state index is -0.185. The number of carbonyl (C=O) groups excluding carboxylic acids is 3. The first-order valence-corrected chi connectivity index (χ1v) is 10.0. The first-order chi connectivity index (χ1) is 14.5. The molecular weight excluding hydrogens is 382 g/mol. The van der Waals surface area contributed by atoms with Crippen LogP contribution >= 0.6 is 0 Å². The zero-order chi connectivity index (χ0) is 21.5. The number of hydrogen-bond donors (Lipinski definition) is 1. The van der Waals surface area contributed by atoms with E-state index < -0.39 is 0 Å². The molecule has 2 aromatic carbocycles. The van der Waals surface area contributed by atoms with E-state index in [9.17, 15) is 14.4 Å². The highest BCUT2D eigenvalue weighted by Crippen LogP contribution is 2.25. The van der Waals surface area contributed by atoms with E-state index in [1.807, 2.05) is 18.2 Å². The predicted molar refractivity (Wildman–Crippen MR) is 114 cm³/mol. The lowest BCUT2D eigenvalue weighted by Crippen LogP contribution is -2.46. The molecule has 0 aliphatic carbocycles.